The van der Waals surface area contributed by atoms with E-state index in [1.807, 2.05) is 6.92 Å². The molecule has 0 radical (unpaired) electrons. The lowest BCUT2D eigenvalue weighted by atomic mass is 10.1. The van der Waals surface area contributed by atoms with Crippen molar-refractivity contribution in [1.82, 2.24) is 4.08 Å². The molecule has 0 N–H and O–H groups in total. The number of aryl methyl sites for hydroxylation is 1. The molecule has 2 atom stereocenters. The number of hydrogen-bond acceptors (Lipinski definition) is 3. The Labute approximate surface area is 146 Å². The minimum Gasteiger partial charge on any atom is -0.444 e. The SMILES string of the molecule is Cc1ccc(S(=O)(=O)N2[C@H](C)c3cc(Cl)ccc3O[P@]2Cl)cc1. The van der Waals surface area contributed by atoms with Crippen molar-refractivity contribution in [1.29, 1.82) is 0 Å². The molecule has 0 saturated heterocycles. The van der Waals surface area contributed by atoms with Gasteiger partial charge >= 0.3 is 0 Å². The average Bonchev–Trinajstić information content (AvgIpc) is 2.48. The van der Waals surface area contributed by atoms with Crippen molar-refractivity contribution in [3.63, 3.8) is 0 Å². The first-order chi connectivity index (χ1) is 10.8. The third-order valence-corrected chi connectivity index (χ3v) is 8.62. The van der Waals surface area contributed by atoms with Crippen molar-refractivity contribution < 1.29 is 12.9 Å². The molecule has 23 heavy (non-hydrogen) atoms. The summed E-state index contributed by atoms with van der Waals surface area (Å²) in [5.41, 5.74) is 1.68. The van der Waals surface area contributed by atoms with Crippen LogP contribution in [0.25, 0.3) is 0 Å². The number of hydrogen-bond donors (Lipinski definition) is 0. The van der Waals surface area contributed by atoms with E-state index in [9.17, 15) is 8.42 Å². The van der Waals surface area contributed by atoms with E-state index >= 15 is 0 Å². The van der Waals surface area contributed by atoms with E-state index < -0.39 is 23.7 Å². The Morgan fingerprint density at radius 2 is 1.83 bits per heavy atom. The first-order valence-electron chi connectivity index (χ1n) is 6.85. The van der Waals surface area contributed by atoms with Crippen LogP contribution in [0.5, 0.6) is 5.75 Å². The molecule has 3 rings (SSSR count). The van der Waals surface area contributed by atoms with Crippen molar-refractivity contribution in [2.75, 3.05) is 0 Å². The predicted octanol–water partition coefficient (Wildman–Crippen LogP) is 5.26. The number of fused-ring (bicyclic) bond motifs is 1. The van der Waals surface area contributed by atoms with Crippen LogP contribution in [0.2, 0.25) is 5.02 Å². The highest BCUT2D eigenvalue weighted by Gasteiger charge is 2.42. The van der Waals surface area contributed by atoms with E-state index in [0.717, 1.165) is 5.56 Å². The zero-order valence-electron chi connectivity index (χ0n) is 12.4. The van der Waals surface area contributed by atoms with Crippen molar-refractivity contribution in [2.45, 2.75) is 24.8 Å². The Balaban J connectivity index is 2.07. The lowest BCUT2D eigenvalue weighted by Gasteiger charge is -2.36. The van der Waals surface area contributed by atoms with Gasteiger partial charge in [0, 0.05) is 10.6 Å². The van der Waals surface area contributed by atoms with Crippen LogP contribution in [0, 0.1) is 6.92 Å². The van der Waals surface area contributed by atoms with E-state index in [1.54, 1.807) is 49.4 Å². The number of benzene rings is 2. The van der Waals surface area contributed by atoms with Gasteiger partial charge in [0.15, 0.2) is 0 Å². The van der Waals surface area contributed by atoms with Crippen molar-refractivity contribution in [3.05, 3.63) is 58.6 Å². The second-order valence-corrected chi connectivity index (χ2v) is 9.72. The van der Waals surface area contributed by atoms with E-state index in [4.69, 9.17) is 27.4 Å². The summed E-state index contributed by atoms with van der Waals surface area (Å²) >= 11 is 12.3. The Bertz CT molecular complexity index is 842. The average molecular weight is 390 g/mol. The summed E-state index contributed by atoms with van der Waals surface area (Å²) in [5, 5.41) is 0.521. The first kappa shape index (κ1) is 17.0. The van der Waals surface area contributed by atoms with Crippen molar-refractivity contribution in [2.24, 2.45) is 0 Å². The summed E-state index contributed by atoms with van der Waals surface area (Å²) in [5.74, 6) is 0.568. The van der Waals surface area contributed by atoms with E-state index in [0.29, 0.717) is 16.3 Å². The van der Waals surface area contributed by atoms with Gasteiger partial charge in [-0.15, -0.1) is 4.08 Å². The fraction of sp³-hybridized carbons (Fsp3) is 0.200. The Morgan fingerprint density at radius 1 is 1.17 bits per heavy atom. The Kier molecular flexibility index (Phi) is 4.60. The number of sulfonamides is 1. The van der Waals surface area contributed by atoms with Crippen LogP contribution in [-0.4, -0.2) is 12.5 Å². The molecule has 8 heteroatoms. The van der Waals surface area contributed by atoms with Crippen LogP contribution in [0.4, 0.5) is 0 Å². The van der Waals surface area contributed by atoms with Crippen LogP contribution < -0.4 is 4.52 Å². The van der Waals surface area contributed by atoms with Crippen LogP contribution in [0.1, 0.15) is 24.1 Å². The Morgan fingerprint density at radius 3 is 2.48 bits per heavy atom. The number of nitrogens with zero attached hydrogens (tertiary/aromatic N) is 1. The van der Waals surface area contributed by atoms with Crippen molar-refractivity contribution >= 4 is 40.5 Å². The van der Waals surface area contributed by atoms with Gasteiger partial charge in [0.25, 0.3) is 17.7 Å². The van der Waals surface area contributed by atoms with Gasteiger partial charge in [-0.2, -0.15) is 0 Å². The van der Waals surface area contributed by atoms with E-state index in [2.05, 4.69) is 0 Å². The minimum absolute atomic E-state index is 0.192. The zero-order chi connectivity index (χ0) is 16.8. The number of halogens is 2. The zero-order valence-corrected chi connectivity index (χ0v) is 15.6. The molecule has 0 amide bonds. The van der Waals surface area contributed by atoms with Gasteiger partial charge in [-0.1, -0.05) is 29.3 Å². The van der Waals surface area contributed by atoms with Gasteiger partial charge < -0.3 is 4.52 Å². The van der Waals surface area contributed by atoms with Gasteiger partial charge in [-0.05, 0) is 55.4 Å². The van der Waals surface area contributed by atoms with Gasteiger partial charge in [0.05, 0.1) is 10.9 Å². The smallest absolute Gasteiger partial charge is 0.281 e. The maximum atomic E-state index is 13.0. The van der Waals surface area contributed by atoms with Crippen LogP contribution in [0.3, 0.4) is 0 Å². The lowest BCUT2D eigenvalue weighted by molar-refractivity contribution is 0.422. The highest BCUT2D eigenvalue weighted by molar-refractivity contribution is 7.98. The second-order valence-electron chi connectivity index (χ2n) is 5.27. The standard InChI is InChI=1S/C15H14Cl2NO3PS/c1-10-3-6-13(7-4-10)23(19,20)18-11(2)14-9-12(16)5-8-15(14)21-22(18)17/h3-9,11H,1-2H3/t11-,22-/m1/s1. The molecule has 0 spiro atoms. The van der Waals surface area contributed by atoms with Gasteiger partial charge in [-0.3, -0.25) is 0 Å². The molecule has 122 valence electrons. The quantitative estimate of drug-likeness (QED) is 0.658. The molecular weight excluding hydrogens is 376 g/mol. The molecule has 0 bridgehead atoms. The molecule has 1 heterocycles. The largest absolute Gasteiger partial charge is 0.444 e. The van der Waals surface area contributed by atoms with Crippen molar-refractivity contribution in [3.8, 4) is 5.75 Å². The topological polar surface area (TPSA) is 46.6 Å². The maximum absolute atomic E-state index is 13.0. The summed E-state index contributed by atoms with van der Waals surface area (Å²) < 4.78 is 32.8. The van der Waals surface area contributed by atoms with E-state index in [1.165, 1.54) is 4.08 Å². The monoisotopic (exact) mass is 389 g/mol. The summed E-state index contributed by atoms with van der Waals surface area (Å²) in [6, 6.07) is 11.3. The first-order valence-corrected chi connectivity index (χ1v) is 10.8. The molecule has 0 aromatic heterocycles. The highest BCUT2D eigenvalue weighted by Crippen LogP contribution is 2.59. The molecule has 0 aliphatic carbocycles. The van der Waals surface area contributed by atoms with Gasteiger partial charge in [0.1, 0.15) is 5.75 Å². The Hall–Kier alpha value is -0.840. The third kappa shape index (κ3) is 3.09. The number of rotatable bonds is 2. The molecule has 2 aromatic rings. The predicted molar refractivity (Wildman–Crippen MR) is 93.5 cm³/mol. The van der Waals surface area contributed by atoms with Crippen LogP contribution >= 0.6 is 30.5 Å². The second kappa shape index (κ2) is 6.23. The van der Waals surface area contributed by atoms with E-state index in [-0.39, 0.29) is 4.90 Å². The molecule has 1 aliphatic rings. The third-order valence-electron chi connectivity index (χ3n) is 3.65. The lowest BCUT2D eigenvalue weighted by Crippen LogP contribution is -2.32. The summed E-state index contributed by atoms with van der Waals surface area (Å²) in [7, 11) is -5.61. The molecule has 2 aromatic carbocycles. The summed E-state index contributed by atoms with van der Waals surface area (Å²) in [6.07, 6.45) is 0. The molecule has 4 nitrogen and oxygen atoms in total. The fourth-order valence-electron chi connectivity index (χ4n) is 2.42. The molecule has 0 fully saturated rings. The van der Waals surface area contributed by atoms with Gasteiger partial charge in [-0.25, -0.2) is 8.42 Å². The molecule has 0 unspecified atom stereocenters. The molecular formula is C15H14Cl2NO3PS. The summed E-state index contributed by atoms with van der Waals surface area (Å²) in [6.45, 7) is 3.68. The maximum Gasteiger partial charge on any atom is 0.281 e. The normalized spacial score (nSPS) is 21.6. The van der Waals surface area contributed by atoms with Crippen LogP contribution in [0.15, 0.2) is 47.4 Å². The van der Waals surface area contributed by atoms with Gasteiger partial charge in [0.2, 0.25) is 0 Å². The summed E-state index contributed by atoms with van der Waals surface area (Å²) in [4.78, 5) is 0.192. The van der Waals surface area contributed by atoms with Crippen LogP contribution in [-0.2, 0) is 10.0 Å². The molecule has 0 saturated carbocycles. The fourth-order valence-corrected chi connectivity index (χ4v) is 7.03. The molecule has 1 aliphatic heterocycles. The minimum atomic E-state index is -3.77. The highest BCUT2D eigenvalue weighted by atomic mass is 35.7.